The quantitative estimate of drug-likeness (QED) is 0.662. The van der Waals surface area contributed by atoms with E-state index in [4.69, 9.17) is 16.2 Å². The Morgan fingerprint density at radius 3 is 2.70 bits per heavy atom. The Morgan fingerprint density at radius 1 is 1.35 bits per heavy atom. The topological polar surface area (TPSA) is 123 Å². The maximum atomic E-state index is 11.5. The standard InChI is InChI=1S/C13H16N4O3/c1-2-5-20-7-3-4-8-9(6-7)16-12(17-13(15)19)10(8)11(14)18/h3-4,6,16H,2,5H2,1H3,(H2,14,18)(H3,15,17,19). The van der Waals surface area contributed by atoms with Crippen LogP contribution in [0, 0.1) is 0 Å². The van der Waals surface area contributed by atoms with Crippen LogP contribution in [0.4, 0.5) is 10.6 Å². The number of nitrogens with one attached hydrogen (secondary N) is 2. The van der Waals surface area contributed by atoms with Gasteiger partial charge in [0.15, 0.2) is 0 Å². The zero-order valence-electron chi connectivity index (χ0n) is 11.0. The summed E-state index contributed by atoms with van der Waals surface area (Å²) >= 11 is 0. The molecule has 3 amide bonds. The lowest BCUT2D eigenvalue weighted by Gasteiger charge is -2.04. The Bertz CT molecular complexity index is 663. The van der Waals surface area contributed by atoms with Gasteiger partial charge in [-0.1, -0.05) is 6.92 Å². The highest BCUT2D eigenvalue weighted by molar-refractivity contribution is 6.13. The third-order valence-electron chi connectivity index (χ3n) is 2.74. The van der Waals surface area contributed by atoms with E-state index in [0.717, 1.165) is 6.42 Å². The Kier molecular flexibility index (Phi) is 3.79. The minimum atomic E-state index is -0.776. The van der Waals surface area contributed by atoms with E-state index in [1.165, 1.54) is 0 Å². The number of amides is 3. The van der Waals surface area contributed by atoms with Crippen LogP contribution in [0.1, 0.15) is 23.7 Å². The van der Waals surface area contributed by atoms with E-state index in [0.29, 0.717) is 23.3 Å². The molecule has 0 aliphatic rings. The molecule has 1 aromatic heterocycles. The lowest BCUT2D eigenvalue weighted by Crippen LogP contribution is -2.22. The van der Waals surface area contributed by atoms with E-state index in [1.54, 1.807) is 18.2 Å². The van der Waals surface area contributed by atoms with Crippen molar-refractivity contribution in [2.24, 2.45) is 11.5 Å². The van der Waals surface area contributed by atoms with E-state index in [9.17, 15) is 9.59 Å². The highest BCUT2D eigenvalue weighted by Crippen LogP contribution is 2.29. The number of ether oxygens (including phenoxy) is 1. The average Bonchev–Trinajstić information content (AvgIpc) is 2.72. The Balaban J connectivity index is 2.49. The number of fused-ring (bicyclic) bond motifs is 1. The molecule has 0 aliphatic heterocycles. The van der Waals surface area contributed by atoms with Crippen molar-refractivity contribution in [3.8, 4) is 5.75 Å². The van der Waals surface area contributed by atoms with Crippen molar-refractivity contribution in [3.05, 3.63) is 23.8 Å². The van der Waals surface area contributed by atoms with Crippen LogP contribution >= 0.6 is 0 Å². The van der Waals surface area contributed by atoms with Gasteiger partial charge in [-0.05, 0) is 18.6 Å². The summed E-state index contributed by atoms with van der Waals surface area (Å²) in [5, 5.41) is 2.95. The molecule has 1 heterocycles. The minimum Gasteiger partial charge on any atom is -0.494 e. The molecule has 0 fully saturated rings. The number of aromatic nitrogens is 1. The average molecular weight is 276 g/mol. The molecule has 106 valence electrons. The first-order chi connectivity index (χ1) is 9.52. The molecule has 0 spiro atoms. The smallest absolute Gasteiger partial charge is 0.317 e. The summed E-state index contributed by atoms with van der Waals surface area (Å²) in [6.07, 6.45) is 0.893. The van der Waals surface area contributed by atoms with Crippen LogP contribution in [0.3, 0.4) is 0 Å². The van der Waals surface area contributed by atoms with Crippen molar-refractivity contribution in [3.63, 3.8) is 0 Å². The van der Waals surface area contributed by atoms with E-state index < -0.39 is 11.9 Å². The number of aromatic amines is 1. The second kappa shape index (κ2) is 5.52. The maximum Gasteiger partial charge on any atom is 0.317 e. The van der Waals surface area contributed by atoms with Crippen LogP contribution in [0.15, 0.2) is 18.2 Å². The second-order valence-electron chi connectivity index (χ2n) is 4.28. The predicted octanol–water partition coefficient (Wildman–Crippen LogP) is 1.55. The maximum absolute atomic E-state index is 11.5. The van der Waals surface area contributed by atoms with Gasteiger partial charge >= 0.3 is 6.03 Å². The number of carbonyl (C=O) groups excluding carboxylic acids is 2. The summed E-state index contributed by atoms with van der Waals surface area (Å²) in [5.74, 6) is 0.206. The SMILES string of the molecule is CCCOc1ccc2c(C(N)=O)c(NC(N)=O)[nH]c2c1. The monoisotopic (exact) mass is 276 g/mol. The third kappa shape index (κ3) is 2.66. The van der Waals surface area contributed by atoms with Crippen LogP contribution in [0.2, 0.25) is 0 Å². The van der Waals surface area contributed by atoms with Gasteiger partial charge in [-0.15, -0.1) is 0 Å². The summed E-state index contributed by atoms with van der Waals surface area (Å²) in [4.78, 5) is 25.4. The predicted molar refractivity (Wildman–Crippen MR) is 75.8 cm³/mol. The number of carbonyl (C=O) groups is 2. The molecule has 0 aliphatic carbocycles. The van der Waals surface area contributed by atoms with Crippen LogP contribution in [0.25, 0.3) is 10.9 Å². The van der Waals surface area contributed by atoms with Gasteiger partial charge < -0.3 is 21.2 Å². The Hall–Kier alpha value is -2.70. The third-order valence-corrected chi connectivity index (χ3v) is 2.74. The van der Waals surface area contributed by atoms with Gasteiger partial charge in [-0.25, -0.2) is 4.79 Å². The van der Waals surface area contributed by atoms with Crippen molar-refractivity contribution in [1.82, 2.24) is 4.98 Å². The molecule has 20 heavy (non-hydrogen) atoms. The molecule has 1 aromatic carbocycles. The first-order valence-corrected chi connectivity index (χ1v) is 6.17. The van der Waals surface area contributed by atoms with Crippen molar-refractivity contribution in [1.29, 1.82) is 0 Å². The van der Waals surface area contributed by atoms with Gasteiger partial charge in [0, 0.05) is 11.5 Å². The number of anilines is 1. The molecular formula is C13H16N4O3. The number of hydrogen-bond donors (Lipinski definition) is 4. The first-order valence-electron chi connectivity index (χ1n) is 6.17. The lowest BCUT2D eigenvalue weighted by molar-refractivity contribution is 0.100. The lowest BCUT2D eigenvalue weighted by atomic mass is 10.1. The molecular weight excluding hydrogens is 260 g/mol. The number of H-pyrrole nitrogens is 1. The van der Waals surface area contributed by atoms with E-state index >= 15 is 0 Å². The fourth-order valence-electron chi connectivity index (χ4n) is 1.96. The molecule has 0 bridgehead atoms. The fraction of sp³-hybridized carbons (Fsp3) is 0.231. The van der Waals surface area contributed by atoms with Crippen molar-refractivity contribution < 1.29 is 14.3 Å². The van der Waals surface area contributed by atoms with Gasteiger partial charge in [0.25, 0.3) is 5.91 Å². The first kappa shape index (κ1) is 13.7. The van der Waals surface area contributed by atoms with Crippen LogP contribution in [0.5, 0.6) is 5.75 Å². The number of hydrogen-bond acceptors (Lipinski definition) is 3. The molecule has 7 heteroatoms. The van der Waals surface area contributed by atoms with Gasteiger partial charge in [0.2, 0.25) is 0 Å². The highest BCUT2D eigenvalue weighted by atomic mass is 16.5. The zero-order valence-corrected chi connectivity index (χ0v) is 11.0. The second-order valence-corrected chi connectivity index (χ2v) is 4.28. The van der Waals surface area contributed by atoms with Crippen molar-refractivity contribution in [2.45, 2.75) is 13.3 Å². The molecule has 2 rings (SSSR count). The molecule has 0 saturated carbocycles. The number of rotatable bonds is 5. The zero-order chi connectivity index (χ0) is 14.7. The fourth-order valence-corrected chi connectivity index (χ4v) is 1.96. The molecule has 0 atom stereocenters. The van der Waals surface area contributed by atoms with E-state index in [2.05, 4.69) is 10.3 Å². The van der Waals surface area contributed by atoms with Crippen LogP contribution in [-0.4, -0.2) is 23.5 Å². The summed E-state index contributed by atoms with van der Waals surface area (Å²) < 4.78 is 5.51. The number of nitrogens with two attached hydrogens (primary N) is 2. The minimum absolute atomic E-state index is 0.188. The molecule has 0 unspecified atom stereocenters. The molecule has 0 saturated heterocycles. The van der Waals surface area contributed by atoms with Crippen LogP contribution < -0.4 is 21.5 Å². The van der Waals surface area contributed by atoms with E-state index in [-0.39, 0.29) is 11.4 Å². The van der Waals surface area contributed by atoms with Crippen molar-refractivity contribution in [2.75, 3.05) is 11.9 Å². The largest absolute Gasteiger partial charge is 0.494 e. The molecule has 0 radical (unpaired) electrons. The summed E-state index contributed by atoms with van der Waals surface area (Å²) in [7, 11) is 0. The molecule has 6 N–H and O–H groups in total. The van der Waals surface area contributed by atoms with Gasteiger partial charge in [-0.3, -0.25) is 10.1 Å². The summed E-state index contributed by atoms with van der Waals surface area (Å²) in [6, 6.07) is 4.42. The van der Waals surface area contributed by atoms with E-state index in [1.807, 2.05) is 6.92 Å². The van der Waals surface area contributed by atoms with Gasteiger partial charge in [0.1, 0.15) is 11.6 Å². The number of urea groups is 1. The van der Waals surface area contributed by atoms with Crippen molar-refractivity contribution >= 4 is 28.7 Å². The number of primary amides is 2. The van der Waals surface area contributed by atoms with Crippen LogP contribution in [-0.2, 0) is 0 Å². The summed E-state index contributed by atoms with van der Waals surface area (Å²) in [6.45, 7) is 2.61. The van der Waals surface area contributed by atoms with Gasteiger partial charge in [-0.2, -0.15) is 0 Å². The normalized spacial score (nSPS) is 10.4. The molecule has 7 nitrogen and oxygen atoms in total. The Morgan fingerprint density at radius 2 is 2.10 bits per heavy atom. The van der Waals surface area contributed by atoms with Gasteiger partial charge in [0.05, 0.1) is 17.7 Å². The highest BCUT2D eigenvalue weighted by Gasteiger charge is 2.17. The summed E-state index contributed by atoms with van der Waals surface area (Å²) in [5.41, 5.74) is 11.2. The molecule has 2 aromatic rings. The number of benzene rings is 1. The Labute approximate surface area is 115 Å².